The molecule has 174 valence electrons. The molecule has 1 N–H and O–H groups in total. The van der Waals surface area contributed by atoms with E-state index in [-0.39, 0.29) is 11.7 Å². The zero-order valence-electron chi connectivity index (χ0n) is 18.6. The molecule has 2 aromatic heterocycles. The highest BCUT2D eigenvalue weighted by molar-refractivity contribution is 7.99. The van der Waals surface area contributed by atoms with Crippen LogP contribution in [0.4, 0.5) is 5.69 Å². The average molecular weight is 496 g/mol. The van der Waals surface area contributed by atoms with Crippen LogP contribution >= 0.6 is 23.4 Å². The zero-order valence-corrected chi connectivity index (χ0v) is 20.1. The molecule has 0 aliphatic heterocycles. The van der Waals surface area contributed by atoms with E-state index < -0.39 is 0 Å². The van der Waals surface area contributed by atoms with Gasteiger partial charge >= 0.3 is 0 Å². The number of benzene rings is 2. The summed E-state index contributed by atoms with van der Waals surface area (Å²) >= 11 is 7.45. The maximum Gasteiger partial charge on any atom is 0.234 e. The summed E-state index contributed by atoms with van der Waals surface area (Å²) in [5.41, 5.74) is 2.41. The van der Waals surface area contributed by atoms with Crippen LogP contribution in [0.25, 0.3) is 11.4 Å². The first kappa shape index (κ1) is 23.6. The first-order valence-corrected chi connectivity index (χ1v) is 11.7. The summed E-state index contributed by atoms with van der Waals surface area (Å²) in [4.78, 5) is 16.9. The number of thioether (sulfide) groups is 1. The standard InChI is InChI=1S/C24H22ClN5O3S/c1-32-20-12-19(21(33-2)11-18(20)25)27-22(31)15-34-24-29-28-23(17-9-6-10-26-13-17)30(24)14-16-7-4-3-5-8-16/h3-13H,14-15H2,1-2H3,(H,27,31). The molecule has 0 bridgehead atoms. The monoisotopic (exact) mass is 495 g/mol. The highest BCUT2D eigenvalue weighted by atomic mass is 35.5. The number of hydrogen-bond acceptors (Lipinski definition) is 7. The Balaban J connectivity index is 1.54. The summed E-state index contributed by atoms with van der Waals surface area (Å²) in [6, 6.07) is 17.0. The van der Waals surface area contributed by atoms with Crippen molar-refractivity contribution in [1.82, 2.24) is 19.7 Å². The molecule has 0 saturated heterocycles. The van der Waals surface area contributed by atoms with E-state index in [0.29, 0.717) is 39.7 Å². The number of nitrogens with zero attached hydrogens (tertiary/aromatic N) is 4. The summed E-state index contributed by atoms with van der Waals surface area (Å²) < 4.78 is 12.6. The smallest absolute Gasteiger partial charge is 0.234 e. The summed E-state index contributed by atoms with van der Waals surface area (Å²) in [5, 5.41) is 12.6. The minimum Gasteiger partial charge on any atom is -0.495 e. The number of halogens is 1. The molecular formula is C24H22ClN5O3S. The summed E-state index contributed by atoms with van der Waals surface area (Å²) in [6.45, 7) is 0.560. The molecule has 0 atom stereocenters. The Morgan fingerprint density at radius 1 is 1.06 bits per heavy atom. The molecule has 0 aliphatic rings. The fraction of sp³-hybridized carbons (Fsp3) is 0.167. The number of anilines is 1. The summed E-state index contributed by atoms with van der Waals surface area (Å²) in [6.07, 6.45) is 3.45. The van der Waals surface area contributed by atoms with Crippen molar-refractivity contribution >= 4 is 35.0 Å². The molecule has 0 radical (unpaired) electrons. The number of amides is 1. The van der Waals surface area contributed by atoms with E-state index in [4.69, 9.17) is 21.1 Å². The largest absolute Gasteiger partial charge is 0.495 e. The first-order valence-electron chi connectivity index (χ1n) is 10.3. The molecule has 10 heteroatoms. The molecular weight excluding hydrogens is 474 g/mol. The lowest BCUT2D eigenvalue weighted by atomic mass is 10.2. The molecule has 0 fully saturated rings. The van der Waals surface area contributed by atoms with Gasteiger partial charge in [-0.2, -0.15) is 0 Å². The van der Waals surface area contributed by atoms with Gasteiger partial charge in [0.1, 0.15) is 11.5 Å². The molecule has 8 nitrogen and oxygen atoms in total. The van der Waals surface area contributed by atoms with Crippen molar-refractivity contribution in [3.8, 4) is 22.9 Å². The Bertz CT molecular complexity index is 1270. The van der Waals surface area contributed by atoms with Gasteiger partial charge in [-0.25, -0.2) is 0 Å². The van der Waals surface area contributed by atoms with Gasteiger partial charge in [-0.15, -0.1) is 10.2 Å². The van der Waals surface area contributed by atoms with Crippen molar-refractivity contribution in [2.75, 3.05) is 25.3 Å². The van der Waals surface area contributed by atoms with E-state index in [1.165, 1.54) is 26.0 Å². The van der Waals surface area contributed by atoms with Crippen molar-refractivity contribution in [2.24, 2.45) is 0 Å². The molecule has 0 saturated carbocycles. The van der Waals surface area contributed by atoms with Crippen LogP contribution in [-0.2, 0) is 11.3 Å². The normalized spacial score (nSPS) is 10.7. The van der Waals surface area contributed by atoms with Crippen LogP contribution in [0.15, 0.2) is 72.1 Å². The summed E-state index contributed by atoms with van der Waals surface area (Å²) in [5.74, 6) is 1.45. The number of hydrogen-bond donors (Lipinski definition) is 1. The van der Waals surface area contributed by atoms with Crippen LogP contribution in [0.1, 0.15) is 5.56 Å². The van der Waals surface area contributed by atoms with E-state index in [2.05, 4.69) is 20.5 Å². The minimum atomic E-state index is -0.232. The maximum atomic E-state index is 12.8. The van der Waals surface area contributed by atoms with E-state index in [1.54, 1.807) is 24.5 Å². The van der Waals surface area contributed by atoms with E-state index in [9.17, 15) is 4.79 Å². The van der Waals surface area contributed by atoms with Gasteiger partial charge < -0.3 is 14.8 Å². The molecule has 0 unspecified atom stereocenters. The summed E-state index contributed by atoms with van der Waals surface area (Å²) in [7, 11) is 3.02. The lowest BCUT2D eigenvalue weighted by Crippen LogP contribution is -2.15. The average Bonchev–Trinajstić information content (AvgIpc) is 3.27. The van der Waals surface area contributed by atoms with E-state index >= 15 is 0 Å². The third-order valence-electron chi connectivity index (χ3n) is 4.90. The van der Waals surface area contributed by atoms with Gasteiger partial charge in [-0.1, -0.05) is 53.7 Å². The van der Waals surface area contributed by atoms with Gasteiger partial charge in [-0.05, 0) is 17.7 Å². The van der Waals surface area contributed by atoms with Crippen molar-refractivity contribution in [3.63, 3.8) is 0 Å². The number of rotatable bonds is 9. The molecule has 2 aromatic carbocycles. The van der Waals surface area contributed by atoms with Crippen LogP contribution in [0, 0.1) is 0 Å². The molecule has 0 spiro atoms. The second kappa shape index (κ2) is 11.0. The number of methoxy groups -OCH3 is 2. The quantitative estimate of drug-likeness (QED) is 0.334. The molecule has 4 rings (SSSR count). The van der Waals surface area contributed by atoms with Crippen LogP contribution in [0.3, 0.4) is 0 Å². The fourth-order valence-corrected chi connectivity index (χ4v) is 4.26. The number of ether oxygens (including phenoxy) is 2. The Morgan fingerprint density at radius 3 is 2.56 bits per heavy atom. The third kappa shape index (κ3) is 5.49. The lowest BCUT2D eigenvalue weighted by molar-refractivity contribution is -0.113. The molecule has 4 aromatic rings. The third-order valence-corrected chi connectivity index (χ3v) is 6.16. The van der Waals surface area contributed by atoms with Crippen LogP contribution < -0.4 is 14.8 Å². The van der Waals surface area contributed by atoms with Gasteiger partial charge in [0.15, 0.2) is 11.0 Å². The fourth-order valence-electron chi connectivity index (χ4n) is 3.29. The number of carbonyl (C=O) groups is 1. The minimum absolute atomic E-state index is 0.119. The number of pyridine rings is 1. The number of aromatic nitrogens is 4. The zero-order chi connectivity index (χ0) is 23.9. The highest BCUT2D eigenvalue weighted by Crippen LogP contribution is 2.36. The van der Waals surface area contributed by atoms with Crippen molar-refractivity contribution in [3.05, 3.63) is 77.6 Å². The Morgan fingerprint density at radius 2 is 1.85 bits per heavy atom. The van der Waals surface area contributed by atoms with Gasteiger partial charge in [0.25, 0.3) is 0 Å². The van der Waals surface area contributed by atoms with E-state index in [1.807, 2.05) is 47.0 Å². The first-order chi connectivity index (χ1) is 16.6. The maximum absolute atomic E-state index is 12.8. The van der Waals surface area contributed by atoms with E-state index in [0.717, 1.165) is 11.1 Å². The lowest BCUT2D eigenvalue weighted by Gasteiger charge is -2.13. The molecule has 2 heterocycles. The predicted octanol–water partition coefficient (Wildman–Crippen LogP) is 4.79. The number of nitrogens with one attached hydrogen (secondary N) is 1. The second-order valence-corrected chi connectivity index (χ2v) is 8.49. The van der Waals surface area contributed by atoms with Crippen molar-refractivity contribution in [1.29, 1.82) is 0 Å². The van der Waals surface area contributed by atoms with Crippen LogP contribution in [0.5, 0.6) is 11.5 Å². The SMILES string of the molecule is COc1cc(NC(=O)CSc2nnc(-c3cccnc3)n2Cc2ccccc2)c(OC)cc1Cl. The Kier molecular flexibility index (Phi) is 7.66. The van der Waals surface area contributed by atoms with Crippen LogP contribution in [0.2, 0.25) is 5.02 Å². The van der Waals surface area contributed by atoms with Gasteiger partial charge in [0.05, 0.1) is 37.2 Å². The van der Waals surface area contributed by atoms with Gasteiger partial charge in [0.2, 0.25) is 5.91 Å². The van der Waals surface area contributed by atoms with Crippen molar-refractivity contribution < 1.29 is 14.3 Å². The highest BCUT2D eigenvalue weighted by Gasteiger charge is 2.18. The Hall–Kier alpha value is -3.56. The second-order valence-electron chi connectivity index (χ2n) is 7.14. The van der Waals surface area contributed by atoms with Crippen LogP contribution in [-0.4, -0.2) is 45.6 Å². The molecule has 1 amide bonds. The topological polar surface area (TPSA) is 91.2 Å². The predicted molar refractivity (Wildman–Crippen MR) is 133 cm³/mol. The van der Waals surface area contributed by atoms with Gasteiger partial charge in [-0.3, -0.25) is 14.3 Å². The van der Waals surface area contributed by atoms with Gasteiger partial charge in [0, 0.05) is 30.1 Å². The Labute approximate surface area is 206 Å². The van der Waals surface area contributed by atoms with Crippen molar-refractivity contribution in [2.45, 2.75) is 11.7 Å². The molecule has 0 aliphatic carbocycles. The number of carbonyl (C=O) groups excluding carboxylic acids is 1. The molecule has 34 heavy (non-hydrogen) atoms.